The summed E-state index contributed by atoms with van der Waals surface area (Å²) in [4.78, 5) is 8.00. The molecule has 0 aliphatic heterocycles. The highest BCUT2D eigenvalue weighted by Gasteiger charge is 1.99. The summed E-state index contributed by atoms with van der Waals surface area (Å²) >= 11 is 0. The van der Waals surface area contributed by atoms with Crippen molar-refractivity contribution >= 4 is 12.9 Å². The van der Waals surface area contributed by atoms with Crippen molar-refractivity contribution < 1.29 is 14.6 Å². The third-order valence-electron chi connectivity index (χ3n) is 1.56. The van der Waals surface area contributed by atoms with Gasteiger partial charge in [0.25, 0.3) is 0 Å². The van der Waals surface area contributed by atoms with E-state index in [2.05, 4.69) is 0 Å². The molecule has 1 N–H and O–H groups in total. The van der Waals surface area contributed by atoms with E-state index in [0.29, 0.717) is 5.75 Å². The normalized spacial score (nSPS) is 9.29. The molecule has 0 spiro atoms. The number of ether oxygens (including phenoxy) is 1. The second-order valence-electron chi connectivity index (χ2n) is 2.43. The molecule has 0 aliphatic carbocycles. The van der Waals surface area contributed by atoms with E-state index >= 15 is 0 Å². The summed E-state index contributed by atoms with van der Waals surface area (Å²) in [7, 11) is 1.54. The highest BCUT2D eigenvalue weighted by atomic mass is 16.5. The Hall–Kier alpha value is -1.77. The van der Waals surface area contributed by atoms with Crippen molar-refractivity contribution in [2.75, 3.05) is 7.11 Å². The fourth-order valence-electron chi connectivity index (χ4n) is 0.990. The standard InChI is InChI=1S/C10H12O2.CH2O/c1-3-4-8-5-6-9(11)10(7-8)12-2;1-2/h3-7,11H,1-2H3;1H2/b4-3+;. The van der Waals surface area contributed by atoms with Gasteiger partial charge in [0.15, 0.2) is 11.5 Å². The van der Waals surface area contributed by atoms with E-state index in [4.69, 9.17) is 9.53 Å². The molecule has 1 aromatic rings. The largest absolute Gasteiger partial charge is 0.504 e. The molecule has 0 saturated carbocycles. The van der Waals surface area contributed by atoms with Crippen LogP contribution in [0.2, 0.25) is 0 Å². The lowest BCUT2D eigenvalue weighted by atomic mass is 10.2. The van der Waals surface area contributed by atoms with Crippen molar-refractivity contribution in [1.82, 2.24) is 0 Å². The van der Waals surface area contributed by atoms with Gasteiger partial charge < -0.3 is 14.6 Å². The van der Waals surface area contributed by atoms with Crippen LogP contribution in [0.3, 0.4) is 0 Å². The van der Waals surface area contributed by atoms with Crippen molar-refractivity contribution in [3.05, 3.63) is 29.8 Å². The Morgan fingerprint density at radius 3 is 2.57 bits per heavy atom. The number of hydrogen-bond donors (Lipinski definition) is 1. The second kappa shape index (κ2) is 6.71. The minimum atomic E-state index is 0.172. The maximum absolute atomic E-state index is 9.25. The van der Waals surface area contributed by atoms with E-state index in [9.17, 15) is 5.11 Å². The Morgan fingerprint density at radius 1 is 1.43 bits per heavy atom. The smallest absolute Gasteiger partial charge is 0.161 e. The van der Waals surface area contributed by atoms with Crippen LogP contribution in [0, 0.1) is 0 Å². The first-order chi connectivity index (χ1) is 6.77. The zero-order valence-electron chi connectivity index (χ0n) is 8.36. The summed E-state index contributed by atoms with van der Waals surface area (Å²) in [6, 6.07) is 5.24. The number of benzene rings is 1. The minimum Gasteiger partial charge on any atom is -0.504 e. The first-order valence-electron chi connectivity index (χ1n) is 4.06. The van der Waals surface area contributed by atoms with Crippen molar-refractivity contribution in [2.24, 2.45) is 0 Å². The van der Waals surface area contributed by atoms with E-state index in [0.717, 1.165) is 5.56 Å². The van der Waals surface area contributed by atoms with Gasteiger partial charge in [0, 0.05) is 0 Å². The summed E-state index contributed by atoms with van der Waals surface area (Å²) in [5, 5.41) is 9.25. The number of carbonyl (C=O) groups excluding carboxylic acids is 1. The Kier molecular flexibility index (Phi) is 5.87. The lowest BCUT2D eigenvalue weighted by Gasteiger charge is -2.03. The van der Waals surface area contributed by atoms with Crippen LogP contribution in [0.1, 0.15) is 12.5 Å². The molecule has 3 heteroatoms. The molecule has 1 rings (SSSR count). The molecule has 0 saturated heterocycles. The van der Waals surface area contributed by atoms with E-state index in [-0.39, 0.29) is 5.75 Å². The Balaban J connectivity index is 0.000000791. The van der Waals surface area contributed by atoms with Gasteiger partial charge in [-0.2, -0.15) is 0 Å². The zero-order valence-corrected chi connectivity index (χ0v) is 8.36. The summed E-state index contributed by atoms with van der Waals surface area (Å²) in [6.07, 6.45) is 3.88. The molecule has 0 heterocycles. The molecule has 0 atom stereocenters. The summed E-state index contributed by atoms with van der Waals surface area (Å²) in [6.45, 7) is 3.94. The molecule has 0 aliphatic rings. The van der Waals surface area contributed by atoms with Gasteiger partial charge in [-0.3, -0.25) is 0 Å². The van der Waals surface area contributed by atoms with Gasteiger partial charge in [0.1, 0.15) is 6.79 Å². The lowest BCUT2D eigenvalue weighted by Crippen LogP contribution is -1.83. The van der Waals surface area contributed by atoms with Gasteiger partial charge in [-0.05, 0) is 24.6 Å². The first kappa shape index (κ1) is 12.2. The minimum absolute atomic E-state index is 0.172. The third-order valence-corrected chi connectivity index (χ3v) is 1.56. The number of hydrogen-bond acceptors (Lipinski definition) is 3. The van der Waals surface area contributed by atoms with Crippen LogP contribution < -0.4 is 4.74 Å². The molecule has 0 fully saturated rings. The lowest BCUT2D eigenvalue weighted by molar-refractivity contribution is -0.0979. The molecular formula is C11H14O3. The van der Waals surface area contributed by atoms with Crippen LogP contribution in [-0.4, -0.2) is 19.0 Å². The number of phenols is 1. The van der Waals surface area contributed by atoms with Crippen molar-refractivity contribution in [3.8, 4) is 11.5 Å². The van der Waals surface area contributed by atoms with E-state index in [1.807, 2.05) is 31.9 Å². The molecule has 0 unspecified atom stereocenters. The average molecular weight is 194 g/mol. The fraction of sp³-hybridized carbons (Fsp3) is 0.182. The van der Waals surface area contributed by atoms with Gasteiger partial charge >= 0.3 is 0 Å². The quantitative estimate of drug-likeness (QED) is 0.785. The van der Waals surface area contributed by atoms with Crippen LogP contribution in [0.5, 0.6) is 11.5 Å². The SMILES string of the molecule is C/C=C/c1ccc(O)c(OC)c1.C=O. The zero-order chi connectivity index (χ0) is 11.0. The number of aromatic hydroxyl groups is 1. The van der Waals surface area contributed by atoms with E-state index in [1.165, 1.54) is 7.11 Å². The molecule has 76 valence electrons. The van der Waals surface area contributed by atoms with Gasteiger partial charge in [0.05, 0.1) is 7.11 Å². The van der Waals surface area contributed by atoms with Crippen LogP contribution in [0.15, 0.2) is 24.3 Å². The molecule has 0 bridgehead atoms. The molecule has 14 heavy (non-hydrogen) atoms. The predicted octanol–water partition coefficient (Wildman–Crippen LogP) is 2.25. The van der Waals surface area contributed by atoms with Gasteiger partial charge in [-0.1, -0.05) is 18.2 Å². The maximum Gasteiger partial charge on any atom is 0.161 e. The topological polar surface area (TPSA) is 46.5 Å². The highest BCUT2D eigenvalue weighted by Crippen LogP contribution is 2.26. The molecule has 0 aromatic heterocycles. The van der Waals surface area contributed by atoms with Crippen molar-refractivity contribution in [2.45, 2.75) is 6.92 Å². The third kappa shape index (κ3) is 3.31. The number of carbonyl (C=O) groups is 1. The van der Waals surface area contributed by atoms with E-state index < -0.39 is 0 Å². The number of methoxy groups -OCH3 is 1. The average Bonchev–Trinajstić information content (AvgIpc) is 2.24. The predicted molar refractivity (Wildman–Crippen MR) is 56.5 cm³/mol. The van der Waals surface area contributed by atoms with Crippen LogP contribution in [0.25, 0.3) is 6.08 Å². The molecular weight excluding hydrogens is 180 g/mol. The van der Waals surface area contributed by atoms with Crippen molar-refractivity contribution in [1.29, 1.82) is 0 Å². The number of allylic oxidation sites excluding steroid dienone is 1. The number of rotatable bonds is 2. The Morgan fingerprint density at radius 2 is 2.07 bits per heavy atom. The first-order valence-corrected chi connectivity index (χ1v) is 4.06. The summed E-state index contributed by atoms with van der Waals surface area (Å²) in [5.41, 5.74) is 1.02. The Bertz CT molecular complexity index is 305. The van der Waals surface area contributed by atoms with E-state index in [1.54, 1.807) is 12.1 Å². The Labute approximate surface area is 83.6 Å². The number of phenolic OH excluding ortho intramolecular Hbond substituents is 1. The van der Waals surface area contributed by atoms with Crippen LogP contribution in [-0.2, 0) is 4.79 Å². The second-order valence-corrected chi connectivity index (χ2v) is 2.43. The maximum atomic E-state index is 9.25. The highest BCUT2D eigenvalue weighted by molar-refractivity contribution is 5.55. The summed E-state index contributed by atoms with van der Waals surface area (Å²) in [5.74, 6) is 0.677. The molecule has 3 nitrogen and oxygen atoms in total. The molecule has 0 radical (unpaired) electrons. The fourth-order valence-corrected chi connectivity index (χ4v) is 0.990. The molecule has 1 aromatic carbocycles. The molecule has 0 amide bonds. The van der Waals surface area contributed by atoms with Crippen molar-refractivity contribution in [3.63, 3.8) is 0 Å². The monoisotopic (exact) mass is 194 g/mol. The summed E-state index contributed by atoms with van der Waals surface area (Å²) < 4.78 is 4.95. The van der Waals surface area contributed by atoms with Crippen LogP contribution in [0.4, 0.5) is 0 Å². The van der Waals surface area contributed by atoms with Gasteiger partial charge in [-0.25, -0.2) is 0 Å². The van der Waals surface area contributed by atoms with Gasteiger partial charge in [0.2, 0.25) is 0 Å². The van der Waals surface area contributed by atoms with Gasteiger partial charge in [-0.15, -0.1) is 0 Å². The van der Waals surface area contributed by atoms with Crippen LogP contribution >= 0.6 is 0 Å².